The first-order valence-corrected chi connectivity index (χ1v) is 7.02. The van der Waals surface area contributed by atoms with Crippen LogP contribution < -0.4 is 11.1 Å². The zero-order chi connectivity index (χ0) is 13.0. The van der Waals surface area contributed by atoms with Gasteiger partial charge in [0.05, 0.1) is 0 Å². The van der Waals surface area contributed by atoms with E-state index in [1.807, 2.05) is 12.1 Å². The van der Waals surface area contributed by atoms with Crippen molar-refractivity contribution in [1.82, 2.24) is 7.96 Å². The molecule has 6 nitrogen and oxygen atoms in total. The number of methoxy groups -OCH3 is 1. The van der Waals surface area contributed by atoms with Crippen LogP contribution in [-0.2, 0) is 9.53 Å². The number of rotatable bonds is 5. The van der Waals surface area contributed by atoms with Gasteiger partial charge in [0.25, 0.3) is 0 Å². The van der Waals surface area contributed by atoms with Crippen LogP contribution in [-0.4, -0.2) is 48.6 Å². The number of nitrogens with zero attached hydrogens (tertiary/aromatic N) is 2. The van der Waals surface area contributed by atoms with Crippen molar-refractivity contribution >= 4 is 37.6 Å². The van der Waals surface area contributed by atoms with Crippen LogP contribution in [0.1, 0.15) is 6.42 Å². The molecule has 0 saturated carbocycles. The summed E-state index contributed by atoms with van der Waals surface area (Å²) >= 11 is -0.110. The minimum absolute atomic E-state index is 0.110. The molecule has 1 atom stereocenters. The quantitative estimate of drug-likeness (QED) is 0.758. The van der Waals surface area contributed by atoms with Crippen molar-refractivity contribution in [2.45, 2.75) is 12.5 Å². The fraction of sp³-hybridized carbons (Fsp3) is 0.364. The Balaban J connectivity index is 2.09. The van der Waals surface area contributed by atoms with E-state index in [4.69, 9.17) is 10.5 Å². The molecule has 1 amide bonds. The third kappa shape index (κ3) is 2.94. The second-order valence-corrected chi connectivity index (χ2v) is 4.92. The normalized spacial score (nSPS) is 12.6. The van der Waals surface area contributed by atoms with Gasteiger partial charge >= 0.3 is 111 Å². The van der Waals surface area contributed by atoms with E-state index in [0.29, 0.717) is 18.7 Å². The van der Waals surface area contributed by atoms with Crippen molar-refractivity contribution in [1.29, 1.82) is 0 Å². The van der Waals surface area contributed by atoms with Crippen molar-refractivity contribution in [2.75, 3.05) is 19.0 Å². The Morgan fingerprint density at radius 1 is 1.56 bits per heavy atom. The van der Waals surface area contributed by atoms with Crippen LogP contribution in [0.4, 0.5) is 5.69 Å². The van der Waals surface area contributed by atoms with Crippen LogP contribution >= 0.6 is 0 Å². The number of carbonyl (C=O) groups excluding carboxylic acids is 1. The van der Waals surface area contributed by atoms with Crippen molar-refractivity contribution in [2.24, 2.45) is 5.73 Å². The molecule has 1 heterocycles. The van der Waals surface area contributed by atoms with Crippen LogP contribution in [0.2, 0.25) is 0 Å². The number of hydrogen-bond acceptors (Lipinski definition) is 5. The molecule has 0 radical (unpaired) electrons. The average molecular weight is 313 g/mol. The zero-order valence-electron chi connectivity index (χ0n) is 9.92. The number of carbonyl (C=O) groups is 1. The number of nitrogens with one attached hydrogen (secondary N) is 1. The molecule has 0 saturated heterocycles. The average Bonchev–Trinajstić information content (AvgIpc) is 2.85. The van der Waals surface area contributed by atoms with Crippen molar-refractivity contribution < 1.29 is 9.53 Å². The Morgan fingerprint density at radius 3 is 3.17 bits per heavy atom. The van der Waals surface area contributed by atoms with Gasteiger partial charge in [-0.25, -0.2) is 0 Å². The summed E-state index contributed by atoms with van der Waals surface area (Å²) in [5, 5.41) is 2.79. The number of aromatic nitrogens is 2. The monoisotopic (exact) mass is 314 g/mol. The number of anilines is 1. The van der Waals surface area contributed by atoms with E-state index in [1.165, 1.54) is 0 Å². The van der Waals surface area contributed by atoms with E-state index in [2.05, 4.69) is 13.3 Å². The SMILES string of the molecule is COCCC(N)C(=O)Nc1cccc2n[se]nc12. The molecule has 1 unspecified atom stereocenters. The molecule has 1 aromatic heterocycles. The summed E-state index contributed by atoms with van der Waals surface area (Å²) in [4.78, 5) is 11.9. The van der Waals surface area contributed by atoms with Crippen molar-refractivity contribution in [3.05, 3.63) is 18.2 Å². The second-order valence-electron chi connectivity index (χ2n) is 3.81. The summed E-state index contributed by atoms with van der Waals surface area (Å²) in [6, 6.07) is 4.95. The molecule has 1 aromatic carbocycles. The number of ether oxygens (including phenoxy) is 1. The van der Waals surface area contributed by atoms with E-state index >= 15 is 0 Å². The van der Waals surface area contributed by atoms with Crippen molar-refractivity contribution in [3.8, 4) is 0 Å². The van der Waals surface area contributed by atoms with Gasteiger partial charge in [-0.3, -0.25) is 0 Å². The summed E-state index contributed by atoms with van der Waals surface area (Å²) in [5.74, 6) is -0.227. The van der Waals surface area contributed by atoms with E-state index in [9.17, 15) is 4.79 Å². The third-order valence-electron chi connectivity index (χ3n) is 2.51. The topological polar surface area (TPSA) is 90.1 Å². The van der Waals surface area contributed by atoms with Crippen LogP contribution in [0.3, 0.4) is 0 Å². The Kier molecular flexibility index (Phi) is 4.43. The summed E-state index contributed by atoms with van der Waals surface area (Å²) in [6.07, 6.45) is 0.489. The summed E-state index contributed by atoms with van der Waals surface area (Å²) in [6.45, 7) is 0.463. The van der Waals surface area contributed by atoms with E-state index in [1.54, 1.807) is 13.2 Å². The minimum atomic E-state index is -0.579. The van der Waals surface area contributed by atoms with Gasteiger partial charge in [-0.2, -0.15) is 0 Å². The van der Waals surface area contributed by atoms with Gasteiger partial charge in [0.15, 0.2) is 0 Å². The fourth-order valence-electron chi connectivity index (χ4n) is 1.51. The molecule has 2 rings (SSSR count). The van der Waals surface area contributed by atoms with Gasteiger partial charge in [0.1, 0.15) is 0 Å². The summed E-state index contributed by atoms with van der Waals surface area (Å²) in [5.41, 5.74) is 8.01. The predicted octanol–water partition coefficient (Wildman–Crippen LogP) is -0.0109. The van der Waals surface area contributed by atoms with E-state index in [0.717, 1.165) is 11.0 Å². The molecule has 0 spiro atoms. The molecular weight excluding hydrogens is 299 g/mol. The summed E-state index contributed by atoms with van der Waals surface area (Å²) < 4.78 is 13.4. The number of amides is 1. The van der Waals surface area contributed by atoms with Gasteiger partial charge in [-0.15, -0.1) is 0 Å². The van der Waals surface area contributed by atoms with Crippen LogP contribution in [0.5, 0.6) is 0 Å². The van der Waals surface area contributed by atoms with Crippen molar-refractivity contribution in [3.63, 3.8) is 0 Å². The maximum absolute atomic E-state index is 11.9. The fourth-order valence-corrected chi connectivity index (χ4v) is 2.66. The molecule has 0 bridgehead atoms. The Labute approximate surface area is 111 Å². The maximum atomic E-state index is 11.9. The number of benzene rings is 1. The molecule has 0 aliphatic heterocycles. The molecule has 2 aromatic rings. The summed E-state index contributed by atoms with van der Waals surface area (Å²) in [7, 11) is 1.58. The molecule has 3 N–H and O–H groups in total. The zero-order valence-corrected chi connectivity index (χ0v) is 11.6. The molecule has 0 aliphatic carbocycles. The first-order chi connectivity index (χ1) is 8.72. The van der Waals surface area contributed by atoms with Crippen LogP contribution in [0.25, 0.3) is 11.0 Å². The molecule has 96 valence electrons. The number of fused-ring (bicyclic) bond motifs is 1. The Morgan fingerprint density at radius 2 is 2.39 bits per heavy atom. The second kappa shape index (κ2) is 6.06. The van der Waals surface area contributed by atoms with Gasteiger partial charge < -0.3 is 0 Å². The standard InChI is InChI=1S/C11H14N4O2Se/c1-17-6-5-7(12)11(16)13-8-3-2-4-9-10(8)15-18-14-9/h2-4,7H,5-6,12H2,1H3,(H,13,16). The molecule has 18 heavy (non-hydrogen) atoms. The first kappa shape index (κ1) is 13.2. The predicted molar refractivity (Wildman–Crippen MR) is 69.6 cm³/mol. The first-order valence-electron chi connectivity index (χ1n) is 5.49. The number of hydrogen-bond donors (Lipinski definition) is 2. The molecule has 0 aliphatic rings. The van der Waals surface area contributed by atoms with Gasteiger partial charge in [-0.05, 0) is 0 Å². The Bertz CT molecular complexity index is 543. The van der Waals surface area contributed by atoms with Crippen LogP contribution in [0.15, 0.2) is 18.2 Å². The third-order valence-corrected chi connectivity index (χ3v) is 3.65. The molecule has 7 heteroatoms. The Hall–Kier alpha value is -1.27. The molecular formula is C11H14N4O2Se. The van der Waals surface area contributed by atoms with Crippen LogP contribution in [0, 0.1) is 0 Å². The van der Waals surface area contributed by atoms with Gasteiger partial charge in [0, 0.05) is 0 Å². The van der Waals surface area contributed by atoms with E-state index in [-0.39, 0.29) is 20.9 Å². The van der Waals surface area contributed by atoms with E-state index < -0.39 is 6.04 Å². The van der Waals surface area contributed by atoms with Gasteiger partial charge in [-0.1, -0.05) is 0 Å². The molecule has 0 fully saturated rings. The van der Waals surface area contributed by atoms with Gasteiger partial charge in [0.2, 0.25) is 0 Å². The number of nitrogens with two attached hydrogens (primary N) is 1.